The zero-order valence-electron chi connectivity index (χ0n) is 11.8. The number of aliphatic carboxylic acids is 1. The van der Waals surface area contributed by atoms with Crippen LogP contribution in [0, 0.1) is 5.92 Å². The Morgan fingerprint density at radius 1 is 1.33 bits per heavy atom. The molecule has 1 heterocycles. The number of hydrogen-bond acceptors (Lipinski definition) is 3. The topological polar surface area (TPSA) is 66.8 Å². The van der Waals surface area contributed by atoms with E-state index in [1.807, 2.05) is 19.1 Å². The zero-order valence-corrected chi connectivity index (χ0v) is 12.5. The number of amides is 1. The molecule has 2 rings (SSSR count). The quantitative estimate of drug-likeness (QED) is 0.903. The van der Waals surface area contributed by atoms with E-state index in [1.165, 1.54) is 0 Å². The number of likely N-dealkylation sites (tertiary alicyclic amines) is 1. The average molecular weight is 312 g/mol. The van der Waals surface area contributed by atoms with E-state index < -0.39 is 11.9 Å². The van der Waals surface area contributed by atoms with E-state index >= 15 is 0 Å². The molecule has 1 aliphatic rings. The number of benzene rings is 1. The zero-order chi connectivity index (χ0) is 15.4. The van der Waals surface area contributed by atoms with Crippen molar-refractivity contribution in [3.05, 3.63) is 34.9 Å². The van der Waals surface area contributed by atoms with Gasteiger partial charge in [0.1, 0.15) is 6.61 Å². The van der Waals surface area contributed by atoms with Crippen LogP contribution in [0.5, 0.6) is 0 Å². The summed E-state index contributed by atoms with van der Waals surface area (Å²) in [6, 6.07) is 7.11. The Labute approximate surface area is 128 Å². The first-order valence-electron chi connectivity index (χ1n) is 6.86. The maximum absolute atomic E-state index is 12.0. The smallest absolute Gasteiger partial charge is 0.308 e. The van der Waals surface area contributed by atoms with Gasteiger partial charge in [-0.05, 0) is 24.6 Å². The SMILES string of the molecule is CCOCC(=O)N1C[C@@H](C(=O)O)[C@H](c2ccc(Cl)cc2)C1. The Hall–Kier alpha value is -1.59. The van der Waals surface area contributed by atoms with Crippen LogP contribution in [0.1, 0.15) is 18.4 Å². The van der Waals surface area contributed by atoms with Crippen LogP contribution in [0.3, 0.4) is 0 Å². The molecule has 0 saturated carbocycles. The average Bonchev–Trinajstić information content (AvgIpc) is 2.91. The summed E-state index contributed by atoms with van der Waals surface area (Å²) >= 11 is 5.86. The number of ether oxygens (including phenoxy) is 1. The van der Waals surface area contributed by atoms with Crippen LogP contribution in [-0.2, 0) is 14.3 Å². The molecule has 1 saturated heterocycles. The van der Waals surface area contributed by atoms with Gasteiger partial charge in [0.2, 0.25) is 5.91 Å². The molecule has 0 unspecified atom stereocenters. The second kappa shape index (κ2) is 6.91. The highest BCUT2D eigenvalue weighted by Gasteiger charge is 2.40. The summed E-state index contributed by atoms with van der Waals surface area (Å²) in [4.78, 5) is 25.0. The summed E-state index contributed by atoms with van der Waals surface area (Å²) in [5, 5.41) is 9.98. The van der Waals surface area contributed by atoms with Crippen LogP contribution in [-0.4, -0.2) is 48.2 Å². The van der Waals surface area contributed by atoms with Crippen molar-refractivity contribution in [3.63, 3.8) is 0 Å². The highest BCUT2D eigenvalue weighted by molar-refractivity contribution is 6.30. The molecule has 0 bridgehead atoms. The minimum absolute atomic E-state index is 0.00379. The summed E-state index contributed by atoms with van der Waals surface area (Å²) in [5.41, 5.74) is 0.888. The van der Waals surface area contributed by atoms with Gasteiger partial charge >= 0.3 is 5.97 Å². The van der Waals surface area contributed by atoms with Crippen molar-refractivity contribution in [3.8, 4) is 0 Å². The molecule has 5 nitrogen and oxygen atoms in total. The van der Waals surface area contributed by atoms with Gasteiger partial charge in [-0.25, -0.2) is 0 Å². The van der Waals surface area contributed by atoms with Gasteiger partial charge in [-0.3, -0.25) is 9.59 Å². The molecule has 114 valence electrons. The number of carboxylic acid groups (broad SMARTS) is 1. The summed E-state index contributed by atoms with van der Waals surface area (Å²) in [6.07, 6.45) is 0. The lowest BCUT2D eigenvalue weighted by Crippen LogP contribution is -2.33. The highest BCUT2D eigenvalue weighted by atomic mass is 35.5. The Balaban J connectivity index is 2.14. The minimum atomic E-state index is -0.887. The molecule has 0 aliphatic carbocycles. The number of carboxylic acids is 1. The van der Waals surface area contributed by atoms with E-state index in [9.17, 15) is 14.7 Å². The molecule has 1 N–H and O–H groups in total. The van der Waals surface area contributed by atoms with E-state index in [4.69, 9.17) is 16.3 Å². The molecule has 1 aromatic rings. The molecule has 1 aromatic carbocycles. The monoisotopic (exact) mass is 311 g/mol. The van der Waals surface area contributed by atoms with Crippen molar-refractivity contribution in [2.75, 3.05) is 26.3 Å². The molecule has 0 spiro atoms. The van der Waals surface area contributed by atoms with Crippen molar-refractivity contribution in [1.29, 1.82) is 0 Å². The Kier molecular flexibility index (Phi) is 5.20. The lowest BCUT2D eigenvalue weighted by Gasteiger charge is -2.16. The first-order chi connectivity index (χ1) is 10.0. The number of rotatable bonds is 5. The molecular formula is C15H18ClNO4. The fourth-order valence-corrected chi connectivity index (χ4v) is 2.71. The Morgan fingerprint density at radius 3 is 2.57 bits per heavy atom. The standard InChI is InChI=1S/C15H18ClNO4/c1-2-21-9-14(18)17-7-12(13(8-17)15(19)20)10-3-5-11(16)6-4-10/h3-6,12-13H,2,7-9H2,1H3,(H,19,20)/t12-,13+/m0/s1. The maximum Gasteiger partial charge on any atom is 0.308 e. The van der Waals surface area contributed by atoms with Crippen LogP contribution in [0.4, 0.5) is 0 Å². The van der Waals surface area contributed by atoms with Gasteiger partial charge in [-0.2, -0.15) is 0 Å². The van der Waals surface area contributed by atoms with Gasteiger partial charge in [0.25, 0.3) is 0 Å². The number of halogens is 1. The van der Waals surface area contributed by atoms with Crippen molar-refractivity contribution in [2.24, 2.45) is 5.92 Å². The minimum Gasteiger partial charge on any atom is -0.481 e. The lowest BCUT2D eigenvalue weighted by atomic mass is 9.89. The molecule has 21 heavy (non-hydrogen) atoms. The van der Waals surface area contributed by atoms with Crippen molar-refractivity contribution in [2.45, 2.75) is 12.8 Å². The Bertz CT molecular complexity index is 517. The molecule has 0 radical (unpaired) electrons. The van der Waals surface area contributed by atoms with Crippen molar-refractivity contribution >= 4 is 23.5 Å². The second-order valence-electron chi connectivity index (χ2n) is 5.04. The normalized spacial score (nSPS) is 21.5. The molecule has 1 amide bonds. The molecule has 0 aromatic heterocycles. The highest BCUT2D eigenvalue weighted by Crippen LogP contribution is 2.33. The Morgan fingerprint density at radius 2 is 2.00 bits per heavy atom. The lowest BCUT2D eigenvalue weighted by molar-refractivity contribution is -0.142. The molecule has 6 heteroatoms. The van der Waals surface area contributed by atoms with Gasteiger partial charge < -0.3 is 14.7 Å². The predicted molar refractivity (Wildman–Crippen MR) is 78.4 cm³/mol. The van der Waals surface area contributed by atoms with Gasteiger partial charge in [0, 0.05) is 30.6 Å². The summed E-state index contributed by atoms with van der Waals surface area (Å²) in [6.45, 7) is 2.88. The van der Waals surface area contributed by atoms with Gasteiger partial charge in [-0.15, -0.1) is 0 Å². The third-order valence-corrected chi connectivity index (χ3v) is 3.97. The second-order valence-corrected chi connectivity index (χ2v) is 5.48. The third-order valence-electron chi connectivity index (χ3n) is 3.72. The van der Waals surface area contributed by atoms with Crippen LogP contribution in [0.25, 0.3) is 0 Å². The van der Waals surface area contributed by atoms with Crippen molar-refractivity contribution < 1.29 is 19.4 Å². The fourth-order valence-electron chi connectivity index (χ4n) is 2.59. The van der Waals surface area contributed by atoms with E-state index in [-0.39, 0.29) is 25.0 Å². The molecular weight excluding hydrogens is 294 g/mol. The summed E-state index contributed by atoms with van der Waals surface area (Å²) < 4.78 is 5.10. The molecule has 1 aliphatic heterocycles. The van der Waals surface area contributed by atoms with Gasteiger partial charge in [0.15, 0.2) is 0 Å². The number of carbonyl (C=O) groups excluding carboxylic acids is 1. The third kappa shape index (κ3) is 3.74. The number of carbonyl (C=O) groups is 2. The largest absolute Gasteiger partial charge is 0.481 e. The predicted octanol–water partition coefficient (Wildman–Crippen LogP) is 2.00. The van der Waals surface area contributed by atoms with E-state index in [1.54, 1.807) is 17.0 Å². The van der Waals surface area contributed by atoms with Gasteiger partial charge in [-0.1, -0.05) is 23.7 Å². The van der Waals surface area contributed by atoms with Crippen LogP contribution < -0.4 is 0 Å². The van der Waals surface area contributed by atoms with Crippen LogP contribution in [0.2, 0.25) is 5.02 Å². The summed E-state index contributed by atoms with van der Waals surface area (Å²) in [5.74, 6) is -1.87. The fraction of sp³-hybridized carbons (Fsp3) is 0.467. The summed E-state index contributed by atoms with van der Waals surface area (Å²) in [7, 11) is 0. The maximum atomic E-state index is 12.0. The van der Waals surface area contributed by atoms with Crippen LogP contribution in [0.15, 0.2) is 24.3 Å². The van der Waals surface area contributed by atoms with E-state index in [0.29, 0.717) is 18.2 Å². The molecule has 2 atom stereocenters. The number of nitrogens with zero attached hydrogens (tertiary/aromatic N) is 1. The molecule has 1 fully saturated rings. The van der Waals surface area contributed by atoms with Crippen molar-refractivity contribution in [1.82, 2.24) is 4.90 Å². The van der Waals surface area contributed by atoms with Gasteiger partial charge in [0.05, 0.1) is 5.92 Å². The first kappa shape index (κ1) is 15.8. The van der Waals surface area contributed by atoms with E-state index in [0.717, 1.165) is 5.56 Å². The van der Waals surface area contributed by atoms with E-state index in [2.05, 4.69) is 0 Å². The number of hydrogen-bond donors (Lipinski definition) is 1. The van der Waals surface area contributed by atoms with Crippen LogP contribution >= 0.6 is 11.6 Å². The first-order valence-corrected chi connectivity index (χ1v) is 7.24.